The SMILES string of the molecule is CN=C(NCc1ncc(-c2ccccc2)[nH]1)N(C)Cc1ccc(F)cc1. The molecule has 0 aliphatic heterocycles. The Hall–Kier alpha value is -3.15. The van der Waals surface area contributed by atoms with Gasteiger partial charge in [0.2, 0.25) is 0 Å². The van der Waals surface area contributed by atoms with Crippen LogP contribution >= 0.6 is 0 Å². The summed E-state index contributed by atoms with van der Waals surface area (Å²) in [4.78, 5) is 14.0. The van der Waals surface area contributed by atoms with Crippen molar-refractivity contribution in [3.05, 3.63) is 78.0 Å². The summed E-state index contributed by atoms with van der Waals surface area (Å²) in [5, 5.41) is 3.29. The number of aromatic amines is 1. The van der Waals surface area contributed by atoms with Crippen molar-refractivity contribution in [2.45, 2.75) is 13.1 Å². The van der Waals surface area contributed by atoms with Gasteiger partial charge >= 0.3 is 0 Å². The molecule has 0 aliphatic carbocycles. The second-order valence-corrected chi connectivity index (χ2v) is 5.99. The van der Waals surface area contributed by atoms with E-state index in [1.807, 2.05) is 48.5 Å². The predicted octanol–water partition coefficient (Wildman–Crippen LogP) is 3.42. The summed E-state index contributed by atoms with van der Waals surface area (Å²) in [5.74, 6) is 1.35. The Kier molecular flexibility index (Phi) is 5.63. The topological polar surface area (TPSA) is 56.3 Å². The van der Waals surface area contributed by atoms with Gasteiger partial charge in [0, 0.05) is 20.6 Å². The highest BCUT2D eigenvalue weighted by Crippen LogP contribution is 2.16. The van der Waals surface area contributed by atoms with E-state index in [4.69, 9.17) is 0 Å². The maximum absolute atomic E-state index is 13.0. The van der Waals surface area contributed by atoms with Crippen molar-refractivity contribution in [3.8, 4) is 11.3 Å². The summed E-state index contributed by atoms with van der Waals surface area (Å²) in [7, 11) is 3.68. The van der Waals surface area contributed by atoms with E-state index in [1.54, 1.807) is 19.2 Å². The molecule has 1 aromatic heterocycles. The monoisotopic (exact) mass is 351 g/mol. The molecular weight excluding hydrogens is 329 g/mol. The van der Waals surface area contributed by atoms with Gasteiger partial charge in [0.15, 0.2) is 5.96 Å². The van der Waals surface area contributed by atoms with Crippen LogP contribution in [0.25, 0.3) is 11.3 Å². The Labute approximate surface area is 152 Å². The molecule has 0 spiro atoms. The van der Waals surface area contributed by atoms with Crippen LogP contribution in [-0.4, -0.2) is 34.9 Å². The second-order valence-electron chi connectivity index (χ2n) is 5.99. The second kappa shape index (κ2) is 8.29. The number of nitrogens with one attached hydrogen (secondary N) is 2. The van der Waals surface area contributed by atoms with Crippen molar-refractivity contribution >= 4 is 5.96 Å². The number of guanidine groups is 1. The number of nitrogens with zero attached hydrogens (tertiary/aromatic N) is 3. The van der Waals surface area contributed by atoms with Crippen LogP contribution in [0, 0.1) is 5.82 Å². The standard InChI is InChI=1S/C20H22FN5/c1-22-20(26(2)14-15-8-10-17(21)11-9-15)24-13-19-23-12-18(25-19)16-6-4-3-5-7-16/h3-12H,13-14H2,1-2H3,(H,22,24)(H,23,25). The first kappa shape index (κ1) is 17.7. The fourth-order valence-electron chi connectivity index (χ4n) is 2.70. The molecule has 0 fully saturated rings. The molecule has 3 aromatic rings. The fourth-order valence-corrected chi connectivity index (χ4v) is 2.70. The van der Waals surface area contributed by atoms with Crippen molar-refractivity contribution in [1.29, 1.82) is 0 Å². The number of aliphatic imine (C=N–C) groups is 1. The summed E-state index contributed by atoms with van der Waals surface area (Å²) < 4.78 is 13.0. The molecular formula is C20H22FN5. The minimum Gasteiger partial charge on any atom is -0.349 e. The zero-order valence-corrected chi connectivity index (χ0v) is 14.9. The molecule has 0 saturated heterocycles. The van der Waals surface area contributed by atoms with Crippen LogP contribution < -0.4 is 5.32 Å². The Bertz CT molecular complexity index is 855. The van der Waals surface area contributed by atoms with Gasteiger partial charge in [-0.1, -0.05) is 42.5 Å². The third kappa shape index (κ3) is 4.47. The summed E-state index contributed by atoms with van der Waals surface area (Å²) in [6, 6.07) is 16.6. The van der Waals surface area contributed by atoms with Gasteiger partial charge in [0.25, 0.3) is 0 Å². The zero-order chi connectivity index (χ0) is 18.4. The highest BCUT2D eigenvalue weighted by Gasteiger charge is 2.08. The van der Waals surface area contributed by atoms with Gasteiger partial charge in [-0.25, -0.2) is 9.37 Å². The lowest BCUT2D eigenvalue weighted by molar-refractivity contribution is 0.475. The van der Waals surface area contributed by atoms with E-state index < -0.39 is 0 Å². The molecule has 0 unspecified atom stereocenters. The number of benzene rings is 2. The highest BCUT2D eigenvalue weighted by molar-refractivity contribution is 5.79. The van der Waals surface area contributed by atoms with E-state index in [2.05, 4.69) is 20.3 Å². The number of hydrogen-bond acceptors (Lipinski definition) is 2. The van der Waals surface area contributed by atoms with E-state index in [0.717, 1.165) is 28.6 Å². The van der Waals surface area contributed by atoms with Gasteiger partial charge in [-0.2, -0.15) is 0 Å². The minimum absolute atomic E-state index is 0.231. The van der Waals surface area contributed by atoms with E-state index in [0.29, 0.717) is 13.1 Å². The quantitative estimate of drug-likeness (QED) is 0.547. The maximum Gasteiger partial charge on any atom is 0.194 e. The summed E-state index contributed by atoms with van der Waals surface area (Å²) >= 11 is 0. The molecule has 3 rings (SSSR count). The van der Waals surface area contributed by atoms with Gasteiger partial charge in [0.1, 0.15) is 11.6 Å². The lowest BCUT2D eigenvalue weighted by Crippen LogP contribution is -2.38. The molecule has 6 heteroatoms. The van der Waals surface area contributed by atoms with Crippen LogP contribution in [0.2, 0.25) is 0 Å². The van der Waals surface area contributed by atoms with Gasteiger partial charge in [0.05, 0.1) is 18.4 Å². The first-order valence-electron chi connectivity index (χ1n) is 8.41. The zero-order valence-electron chi connectivity index (χ0n) is 14.9. The fraction of sp³-hybridized carbons (Fsp3) is 0.200. The third-order valence-corrected chi connectivity index (χ3v) is 4.03. The molecule has 5 nitrogen and oxygen atoms in total. The lowest BCUT2D eigenvalue weighted by Gasteiger charge is -2.21. The molecule has 134 valence electrons. The van der Waals surface area contributed by atoms with Crippen LogP contribution in [0.15, 0.2) is 65.8 Å². The molecule has 0 saturated carbocycles. The van der Waals surface area contributed by atoms with Crippen LogP contribution in [0.4, 0.5) is 4.39 Å². The number of imidazole rings is 1. The van der Waals surface area contributed by atoms with Crippen LogP contribution in [-0.2, 0) is 13.1 Å². The van der Waals surface area contributed by atoms with Crippen LogP contribution in [0.5, 0.6) is 0 Å². The Morgan fingerprint density at radius 3 is 2.58 bits per heavy atom. The normalized spacial score (nSPS) is 11.4. The Morgan fingerprint density at radius 2 is 1.88 bits per heavy atom. The molecule has 0 radical (unpaired) electrons. The van der Waals surface area contributed by atoms with Crippen LogP contribution in [0.1, 0.15) is 11.4 Å². The molecule has 0 amide bonds. The molecule has 2 N–H and O–H groups in total. The molecule has 2 aromatic carbocycles. The number of rotatable bonds is 5. The van der Waals surface area contributed by atoms with Crippen molar-refractivity contribution in [1.82, 2.24) is 20.2 Å². The highest BCUT2D eigenvalue weighted by atomic mass is 19.1. The lowest BCUT2D eigenvalue weighted by atomic mass is 10.2. The Morgan fingerprint density at radius 1 is 1.15 bits per heavy atom. The number of halogens is 1. The average molecular weight is 351 g/mol. The van der Waals surface area contributed by atoms with Gasteiger partial charge in [-0.05, 0) is 23.3 Å². The smallest absolute Gasteiger partial charge is 0.194 e. The van der Waals surface area contributed by atoms with E-state index in [9.17, 15) is 4.39 Å². The predicted molar refractivity (Wildman–Crippen MR) is 102 cm³/mol. The van der Waals surface area contributed by atoms with Crippen LogP contribution in [0.3, 0.4) is 0 Å². The molecule has 1 heterocycles. The summed E-state index contributed by atoms with van der Waals surface area (Å²) in [6.07, 6.45) is 1.83. The molecule has 26 heavy (non-hydrogen) atoms. The maximum atomic E-state index is 13.0. The number of aromatic nitrogens is 2. The largest absolute Gasteiger partial charge is 0.349 e. The van der Waals surface area contributed by atoms with Gasteiger partial charge in [-0.15, -0.1) is 0 Å². The first-order valence-corrected chi connectivity index (χ1v) is 8.41. The number of H-pyrrole nitrogens is 1. The minimum atomic E-state index is -0.231. The summed E-state index contributed by atoms with van der Waals surface area (Å²) in [5.41, 5.74) is 3.10. The van der Waals surface area contributed by atoms with Crippen molar-refractivity contribution < 1.29 is 4.39 Å². The molecule has 0 bridgehead atoms. The van der Waals surface area contributed by atoms with Crippen molar-refractivity contribution in [2.24, 2.45) is 4.99 Å². The third-order valence-electron chi connectivity index (χ3n) is 4.03. The van der Waals surface area contributed by atoms with Crippen molar-refractivity contribution in [3.63, 3.8) is 0 Å². The molecule has 0 aliphatic rings. The van der Waals surface area contributed by atoms with Gasteiger partial charge in [-0.3, -0.25) is 4.99 Å². The average Bonchev–Trinajstić information content (AvgIpc) is 3.14. The van der Waals surface area contributed by atoms with E-state index in [-0.39, 0.29) is 5.82 Å². The van der Waals surface area contributed by atoms with Crippen molar-refractivity contribution in [2.75, 3.05) is 14.1 Å². The summed E-state index contributed by atoms with van der Waals surface area (Å²) in [6.45, 7) is 1.17. The Balaban J connectivity index is 1.59. The van der Waals surface area contributed by atoms with Gasteiger partial charge < -0.3 is 15.2 Å². The molecule has 0 atom stereocenters. The first-order chi connectivity index (χ1) is 12.7. The number of hydrogen-bond donors (Lipinski definition) is 2. The van der Waals surface area contributed by atoms with E-state index >= 15 is 0 Å². The van der Waals surface area contributed by atoms with E-state index in [1.165, 1.54) is 12.1 Å².